The Hall–Kier alpha value is -4.19. The topological polar surface area (TPSA) is 58.6 Å². The van der Waals surface area contributed by atoms with Gasteiger partial charge in [-0.3, -0.25) is 9.59 Å². The van der Waals surface area contributed by atoms with E-state index in [1.807, 2.05) is 72.8 Å². The summed E-state index contributed by atoms with van der Waals surface area (Å²) in [5.74, 6) is -0.425. The predicted molar refractivity (Wildman–Crippen MR) is 155 cm³/mol. The number of carbonyl (C=O) groups is 2. The molecule has 5 rings (SSSR count). The first-order valence-corrected chi connectivity index (χ1v) is 14.1. The molecule has 0 aliphatic heterocycles. The van der Waals surface area contributed by atoms with E-state index in [4.69, 9.17) is 4.74 Å². The number of hydrogen-bond acceptors (Lipinski definition) is 3. The van der Waals surface area contributed by atoms with Gasteiger partial charge in [-0.15, -0.1) is 0 Å². The molecular weight excluding hydrogens is 503 g/mol. The minimum absolute atomic E-state index is 0.0417. The average Bonchev–Trinajstić information content (AvgIpc) is 2.99. The summed E-state index contributed by atoms with van der Waals surface area (Å²) in [5.41, 5.74) is 1.28. The van der Waals surface area contributed by atoms with Crippen LogP contribution in [-0.2, 0) is 22.6 Å². The zero-order valence-corrected chi connectivity index (χ0v) is 22.6. The molecule has 5 nitrogen and oxygen atoms in total. The number of nitrogens with zero attached hydrogens (tertiary/aromatic N) is 1. The van der Waals surface area contributed by atoms with Crippen LogP contribution in [0, 0.1) is 5.82 Å². The lowest BCUT2D eigenvalue weighted by Gasteiger charge is -2.33. The van der Waals surface area contributed by atoms with E-state index in [1.54, 1.807) is 18.2 Å². The maximum absolute atomic E-state index is 14.8. The largest absolute Gasteiger partial charge is 0.483 e. The molecule has 6 heteroatoms. The van der Waals surface area contributed by atoms with E-state index in [1.165, 1.54) is 17.4 Å². The molecule has 206 valence electrons. The first kappa shape index (κ1) is 27.4. The summed E-state index contributed by atoms with van der Waals surface area (Å²) < 4.78 is 20.9. The summed E-state index contributed by atoms with van der Waals surface area (Å²) in [6.45, 7) is -0.315. The molecule has 2 amide bonds. The molecule has 4 aromatic carbocycles. The average molecular weight is 539 g/mol. The number of benzene rings is 4. The fourth-order valence-electron chi connectivity index (χ4n) is 5.45. The number of rotatable bonds is 10. The normalized spacial score (nSPS) is 14.4. The van der Waals surface area contributed by atoms with Crippen molar-refractivity contribution < 1.29 is 18.7 Å². The van der Waals surface area contributed by atoms with Gasteiger partial charge in [0.1, 0.15) is 17.6 Å². The SMILES string of the molecule is O=C(NC1CCCCC1)C(Cc1ccccc1)N(Cc1ccccc1F)C(=O)COc1cccc2ccccc12. The fraction of sp³-hybridized carbons (Fsp3) is 0.294. The fourth-order valence-corrected chi connectivity index (χ4v) is 5.45. The van der Waals surface area contributed by atoms with Crippen LogP contribution in [0.2, 0.25) is 0 Å². The lowest BCUT2D eigenvalue weighted by molar-refractivity contribution is -0.143. The Morgan fingerprint density at radius 3 is 2.35 bits per heavy atom. The van der Waals surface area contributed by atoms with E-state index >= 15 is 0 Å². The molecule has 1 unspecified atom stereocenters. The molecule has 0 heterocycles. The summed E-state index contributed by atoms with van der Waals surface area (Å²) in [5, 5.41) is 5.11. The Balaban J connectivity index is 1.44. The Bertz CT molecular complexity index is 1430. The van der Waals surface area contributed by atoms with Crippen LogP contribution in [0.15, 0.2) is 97.1 Å². The molecule has 40 heavy (non-hydrogen) atoms. The molecule has 0 bridgehead atoms. The molecule has 1 aliphatic carbocycles. The zero-order valence-electron chi connectivity index (χ0n) is 22.6. The molecule has 1 N–H and O–H groups in total. The predicted octanol–water partition coefficient (Wildman–Crippen LogP) is 6.45. The van der Waals surface area contributed by atoms with Gasteiger partial charge in [-0.25, -0.2) is 4.39 Å². The molecule has 0 aromatic heterocycles. The Morgan fingerprint density at radius 1 is 0.850 bits per heavy atom. The van der Waals surface area contributed by atoms with Gasteiger partial charge in [0.05, 0.1) is 0 Å². The molecule has 1 aliphatic rings. The smallest absolute Gasteiger partial charge is 0.261 e. The molecule has 0 radical (unpaired) electrons. The lowest BCUT2D eigenvalue weighted by atomic mass is 9.94. The van der Waals surface area contributed by atoms with Crippen molar-refractivity contribution in [2.24, 2.45) is 0 Å². The van der Waals surface area contributed by atoms with Crippen molar-refractivity contribution in [3.8, 4) is 5.75 Å². The number of halogens is 1. The summed E-state index contributed by atoms with van der Waals surface area (Å²) in [4.78, 5) is 29.2. The van der Waals surface area contributed by atoms with E-state index in [-0.39, 0.29) is 31.0 Å². The van der Waals surface area contributed by atoms with E-state index in [2.05, 4.69) is 5.32 Å². The maximum Gasteiger partial charge on any atom is 0.261 e. The van der Waals surface area contributed by atoms with Gasteiger partial charge in [0, 0.05) is 30.0 Å². The van der Waals surface area contributed by atoms with Crippen molar-refractivity contribution in [1.82, 2.24) is 10.2 Å². The van der Waals surface area contributed by atoms with Gasteiger partial charge in [0.15, 0.2) is 6.61 Å². The van der Waals surface area contributed by atoms with Crippen LogP contribution in [0.3, 0.4) is 0 Å². The van der Waals surface area contributed by atoms with Crippen LogP contribution in [0.1, 0.15) is 43.2 Å². The number of amides is 2. The summed E-state index contributed by atoms with van der Waals surface area (Å²) in [6.07, 6.45) is 5.48. The minimum Gasteiger partial charge on any atom is -0.483 e. The van der Waals surface area contributed by atoms with E-state index in [0.29, 0.717) is 17.7 Å². The maximum atomic E-state index is 14.8. The third-order valence-corrected chi connectivity index (χ3v) is 7.62. The van der Waals surface area contributed by atoms with Gasteiger partial charge in [-0.1, -0.05) is 104 Å². The zero-order chi connectivity index (χ0) is 27.7. The molecule has 1 saturated carbocycles. The second kappa shape index (κ2) is 13.2. The van der Waals surface area contributed by atoms with Crippen LogP contribution in [-0.4, -0.2) is 35.4 Å². The molecule has 1 fully saturated rings. The van der Waals surface area contributed by atoms with E-state index in [0.717, 1.165) is 42.0 Å². The third-order valence-electron chi connectivity index (χ3n) is 7.62. The number of carbonyl (C=O) groups excluding carboxylic acids is 2. The minimum atomic E-state index is -0.826. The molecule has 0 saturated heterocycles. The first-order chi connectivity index (χ1) is 19.6. The Kier molecular flexibility index (Phi) is 9.07. The van der Waals surface area contributed by atoms with Gasteiger partial charge in [-0.05, 0) is 35.9 Å². The van der Waals surface area contributed by atoms with Crippen LogP contribution >= 0.6 is 0 Å². The Morgan fingerprint density at radius 2 is 1.55 bits per heavy atom. The van der Waals surface area contributed by atoms with Gasteiger partial charge < -0.3 is 15.0 Å². The van der Waals surface area contributed by atoms with Crippen LogP contribution in [0.5, 0.6) is 5.75 Å². The number of nitrogens with one attached hydrogen (secondary N) is 1. The molecular formula is C34H35FN2O3. The first-order valence-electron chi connectivity index (χ1n) is 14.1. The summed E-state index contributed by atoms with van der Waals surface area (Å²) in [7, 11) is 0. The monoisotopic (exact) mass is 538 g/mol. The van der Waals surface area contributed by atoms with Gasteiger partial charge >= 0.3 is 0 Å². The third kappa shape index (κ3) is 6.87. The molecule has 4 aromatic rings. The second-order valence-electron chi connectivity index (χ2n) is 10.4. The van der Waals surface area contributed by atoms with Crippen LogP contribution < -0.4 is 10.1 Å². The van der Waals surface area contributed by atoms with Crippen molar-refractivity contribution in [3.63, 3.8) is 0 Å². The van der Waals surface area contributed by atoms with Gasteiger partial charge in [-0.2, -0.15) is 0 Å². The summed E-state index contributed by atoms with van der Waals surface area (Å²) in [6, 6.07) is 28.8. The van der Waals surface area contributed by atoms with Crippen molar-refractivity contribution in [3.05, 3.63) is 114 Å². The van der Waals surface area contributed by atoms with Crippen molar-refractivity contribution >= 4 is 22.6 Å². The highest BCUT2D eigenvalue weighted by molar-refractivity contribution is 5.90. The van der Waals surface area contributed by atoms with E-state index in [9.17, 15) is 14.0 Å². The number of ether oxygens (including phenoxy) is 1. The van der Waals surface area contributed by atoms with Gasteiger partial charge in [0.25, 0.3) is 5.91 Å². The van der Waals surface area contributed by atoms with Crippen LogP contribution in [0.4, 0.5) is 4.39 Å². The second-order valence-corrected chi connectivity index (χ2v) is 10.4. The van der Waals surface area contributed by atoms with Gasteiger partial charge in [0.2, 0.25) is 5.91 Å². The highest BCUT2D eigenvalue weighted by atomic mass is 19.1. The van der Waals surface area contributed by atoms with Crippen LogP contribution in [0.25, 0.3) is 10.8 Å². The number of fused-ring (bicyclic) bond motifs is 1. The van der Waals surface area contributed by atoms with E-state index < -0.39 is 11.9 Å². The Labute approximate surface area is 235 Å². The van der Waals surface area contributed by atoms with Crippen molar-refractivity contribution in [2.75, 3.05) is 6.61 Å². The lowest BCUT2D eigenvalue weighted by Crippen LogP contribution is -2.53. The summed E-state index contributed by atoms with van der Waals surface area (Å²) >= 11 is 0. The standard InChI is InChI=1S/C34H35FN2O3/c35-30-20-10-8-15-27(30)23-37(33(38)24-40-32-21-11-16-26-14-7-9-19-29(26)32)31(22-25-12-3-1-4-13-25)34(39)36-28-17-5-2-6-18-28/h1,3-4,7-16,19-21,28,31H,2,5-6,17-18,22-24H2,(H,36,39). The number of hydrogen-bond donors (Lipinski definition) is 1. The highest BCUT2D eigenvalue weighted by Gasteiger charge is 2.32. The molecule has 1 atom stereocenters. The quantitative estimate of drug-likeness (QED) is 0.253. The van der Waals surface area contributed by atoms with Crippen molar-refractivity contribution in [1.29, 1.82) is 0 Å². The highest BCUT2D eigenvalue weighted by Crippen LogP contribution is 2.26. The molecule has 0 spiro atoms. The van der Waals surface area contributed by atoms with Crippen molar-refractivity contribution in [2.45, 2.75) is 57.2 Å².